The maximum Gasteiger partial charge on any atom is 0.411 e. The Balaban J connectivity index is 3.90. The molecule has 14 heavy (non-hydrogen) atoms. The Morgan fingerprint density at radius 3 is 2.21 bits per heavy atom. The lowest BCUT2D eigenvalue weighted by Gasteiger charge is -2.23. The van der Waals surface area contributed by atoms with Gasteiger partial charge in [0.25, 0.3) is 0 Å². The van der Waals surface area contributed by atoms with Gasteiger partial charge in [-0.15, -0.1) is 0 Å². The van der Waals surface area contributed by atoms with Gasteiger partial charge >= 0.3 is 6.18 Å². The van der Waals surface area contributed by atoms with Crippen molar-refractivity contribution in [1.29, 1.82) is 0 Å². The van der Waals surface area contributed by atoms with Gasteiger partial charge in [0.2, 0.25) is 0 Å². The van der Waals surface area contributed by atoms with Crippen LogP contribution in [-0.2, 0) is 4.74 Å². The summed E-state index contributed by atoms with van der Waals surface area (Å²) in [4.78, 5) is 0. The van der Waals surface area contributed by atoms with Gasteiger partial charge < -0.3 is 10.5 Å². The summed E-state index contributed by atoms with van der Waals surface area (Å²) in [5.41, 5.74) is 5.68. The van der Waals surface area contributed by atoms with Crippen LogP contribution in [0, 0.1) is 0 Å². The topological polar surface area (TPSA) is 35.2 Å². The lowest BCUT2D eigenvalue weighted by atomic mass is 10.0. The molecule has 5 heteroatoms. The molecule has 0 aliphatic carbocycles. The summed E-state index contributed by atoms with van der Waals surface area (Å²) >= 11 is 0. The quantitative estimate of drug-likeness (QED) is 0.735. The molecule has 0 amide bonds. The van der Waals surface area contributed by atoms with Crippen LogP contribution in [0.2, 0.25) is 0 Å². The maximum absolute atomic E-state index is 11.8. The van der Waals surface area contributed by atoms with Gasteiger partial charge in [-0.25, -0.2) is 0 Å². The Bertz CT molecular complexity index is 149. The Labute approximate surface area is 82.6 Å². The average molecular weight is 213 g/mol. The van der Waals surface area contributed by atoms with E-state index in [0.29, 0.717) is 12.8 Å². The molecule has 0 saturated heterocycles. The number of nitrogens with two attached hydrogens (primary N) is 1. The summed E-state index contributed by atoms with van der Waals surface area (Å²) in [6, 6.07) is -0.299. The number of hydrogen-bond acceptors (Lipinski definition) is 2. The first-order valence-corrected chi connectivity index (χ1v) is 4.84. The zero-order chi connectivity index (χ0) is 11.2. The Hall–Kier alpha value is -0.290. The molecule has 0 rings (SSSR count). The Morgan fingerprint density at radius 2 is 1.86 bits per heavy atom. The molecule has 0 bridgehead atoms. The van der Waals surface area contributed by atoms with Crippen molar-refractivity contribution in [2.24, 2.45) is 5.73 Å². The fraction of sp³-hybridized carbons (Fsp3) is 1.00. The van der Waals surface area contributed by atoms with Crippen LogP contribution < -0.4 is 5.73 Å². The third kappa shape index (κ3) is 6.21. The van der Waals surface area contributed by atoms with Gasteiger partial charge in [0.15, 0.2) is 0 Å². The minimum absolute atomic E-state index is 0.299. The minimum atomic E-state index is -4.26. The minimum Gasteiger partial charge on any atom is -0.367 e. The molecular formula is C9H18F3NO. The maximum atomic E-state index is 11.8. The number of rotatable bonds is 6. The van der Waals surface area contributed by atoms with Crippen LogP contribution in [0.1, 0.15) is 33.1 Å². The Morgan fingerprint density at radius 1 is 1.29 bits per heavy atom. The van der Waals surface area contributed by atoms with E-state index in [1.807, 2.05) is 6.92 Å². The van der Waals surface area contributed by atoms with E-state index in [2.05, 4.69) is 0 Å². The standard InChI is InChI=1S/C9H18F3NO/c1-3-5-7(13)8(4-2)14-6-9(10,11)12/h7-8H,3-6,13H2,1-2H3. The van der Waals surface area contributed by atoms with Crippen LogP contribution in [0.4, 0.5) is 13.2 Å². The zero-order valence-electron chi connectivity index (χ0n) is 8.60. The van der Waals surface area contributed by atoms with Crippen LogP contribution in [0.5, 0.6) is 0 Å². The van der Waals surface area contributed by atoms with Crippen molar-refractivity contribution in [1.82, 2.24) is 0 Å². The van der Waals surface area contributed by atoms with Crippen LogP contribution in [0.15, 0.2) is 0 Å². The fourth-order valence-corrected chi connectivity index (χ4v) is 1.26. The molecule has 2 N–H and O–H groups in total. The molecule has 2 atom stereocenters. The van der Waals surface area contributed by atoms with E-state index in [1.54, 1.807) is 6.92 Å². The number of ether oxygens (including phenoxy) is 1. The summed E-state index contributed by atoms with van der Waals surface area (Å²) < 4.78 is 40.2. The van der Waals surface area contributed by atoms with Crippen molar-refractivity contribution in [2.45, 2.75) is 51.4 Å². The SMILES string of the molecule is CCCC(N)C(CC)OCC(F)(F)F. The summed E-state index contributed by atoms with van der Waals surface area (Å²) in [5, 5.41) is 0. The van der Waals surface area contributed by atoms with E-state index in [0.717, 1.165) is 6.42 Å². The number of alkyl halides is 3. The predicted octanol–water partition coefficient (Wildman–Crippen LogP) is 2.47. The molecule has 0 aliphatic heterocycles. The van der Waals surface area contributed by atoms with E-state index in [4.69, 9.17) is 10.5 Å². The first-order valence-electron chi connectivity index (χ1n) is 4.84. The van der Waals surface area contributed by atoms with Gasteiger partial charge in [0.05, 0.1) is 6.10 Å². The summed E-state index contributed by atoms with van der Waals surface area (Å²) in [6.45, 7) is 2.51. The van der Waals surface area contributed by atoms with Crippen molar-refractivity contribution in [3.63, 3.8) is 0 Å². The van der Waals surface area contributed by atoms with Crippen molar-refractivity contribution >= 4 is 0 Å². The van der Waals surface area contributed by atoms with E-state index >= 15 is 0 Å². The van der Waals surface area contributed by atoms with Crippen LogP contribution in [0.3, 0.4) is 0 Å². The van der Waals surface area contributed by atoms with Gasteiger partial charge in [-0.05, 0) is 12.8 Å². The fourth-order valence-electron chi connectivity index (χ4n) is 1.26. The van der Waals surface area contributed by atoms with Gasteiger partial charge in [-0.2, -0.15) is 13.2 Å². The van der Waals surface area contributed by atoms with Crippen molar-refractivity contribution < 1.29 is 17.9 Å². The third-order valence-electron chi connectivity index (χ3n) is 1.96. The van der Waals surface area contributed by atoms with E-state index in [-0.39, 0.29) is 6.04 Å². The lowest BCUT2D eigenvalue weighted by Crippen LogP contribution is -2.38. The molecule has 0 spiro atoms. The zero-order valence-corrected chi connectivity index (χ0v) is 8.60. The second kappa shape index (κ2) is 6.24. The molecule has 0 heterocycles. The average Bonchev–Trinajstić information content (AvgIpc) is 2.03. The lowest BCUT2D eigenvalue weighted by molar-refractivity contribution is -0.187. The molecular weight excluding hydrogens is 195 g/mol. The third-order valence-corrected chi connectivity index (χ3v) is 1.96. The van der Waals surface area contributed by atoms with Crippen molar-refractivity contribution in [2.75, 3.05) is 6.61 Å². The molecule has 2 nitrogen and oxygen atoms in total. The molecule has 86 valence electrons. The van der Waals surface area contributed by atoms with Gasteiger partial charge in [0.1, 0.15) is 6.61 Å². The summed E-state index contributed by atoms with van der Waals surface area (Å²) in [6.07, 6.45) is -2.70. The molecule has 0 aromatic heterocycles. The van der Waals surface area contributed by atoms with E-state index < -0.39 is 18.9 Å². The highest BCUT2D eigenvalue weighted by atomic mass is 19.4. The summed E-state index contributed by atoms with van der Waals surface area (Å²) in [5.74, 6) is 0. The molecule has 0 fully saturated rings. The second-order valence-corrected chi connectivity index (χ2v) is 3.33. The van der Waals surface area contributed by atoms with Gasteiger partial charge in [-0.1, -0.05) is 20.3 Å². The smallest absolute Gasteiger partial charge is 0.367 e. The monoisotopic (exact) mass is 213 g/mol. The first-order chi connectivity index (χ1) is 6.40. The van der Waals surface area contributed by atoms with Crippen molar-refractivity contribution in [3.8, 4) is 0 Å². The number of halogens is 3. The second-order valence-electron chi connectivity index (χ2n) is 3.33. The van der Waals surface area contributed by atoms with Gasteiger partial charge in [0, 0.05) is 6.04 Å². The largest absolute Gasteiger partial charge is 0.411 e. The van der Waals surface area contributed by atoms with Crippen LogP contribution in [-0.4, -0.2) is 24.9 Å². The molecule has 0 aliphatic rings. The normalized spacial score (nSPS) is 16.7. The first kappa shape index (κ1) is 13.7. The van der Waals surface area contributed by atoms with E-state index in [1.165, 1.54) is 0 Å². The highest BCUT2D eigenvalue weighted by Gasteiger charge is 2.30. The van der Waals surface area contributed by atoms with Crippen LogP contribution in [0.25, 0.3) is 0 Å². The highest BCUT2D eigenvalue weighted by molar-refractivity contribution is 4.72. The molecule has 0 aromatic rings. The number of hydrogen-bond donors (Lipinski definition) is 1. The Kier molecular flexibility index (Phi) is 6.11. The molecule has 0 saturated carbocycles. The van der Waals surface area contributed by atoms with Crippen LogP contribution >= 0.6 is 0 Å². The predicted molar refractivity (Wildman–Crippen MR) is 49.0 cm³/mol. The molecule has 0 aromatic carbocycles. The van der Waals surface area contributed by atoms with Crippen molar-refractivity contribution in [3.05, 3.63) is 0 Å². The highest BCUT2D eigenvalue weighted by Crippen LogP contribution is 2.17. The summed E-state index contributed by atoms with van der Waals surface area (Å²) in [7, 11) is 0. The molecule has 2 unspecified atom stereocenters. The molecule has 0 radical (unpaired) electrons. The van der Waals surface area contributed by atoms with Gasteiger partial charge in [-0.3, -0.25) is 0 Å². The van der Waals surface area contributed by atoms with E-state index in [9.17, 15) is 13.2 Å².